The molecule has 0 atom stereocenters. The second-order valence-corrected chi connectivity index (χ2v) is 3.39. The van der Waals surface area contributed by atoms with Crippen molar-refractivity contribution in [3.8, 4) is 0 Å². The van der Waals surface area contributed by atoms with Crippen molar-refractivity contribution in [2.45, 2.75) is 6.92 Å². The molecule has 0 unspecified atom stereocenters. The van der Waals surface area contributed by atoms with Gasteiger partial charge in [-0.15, -0.1) is 0 Å². The first-order valence-electron chi connectivity index (χ1n) is 2.46. The number of hydrogen-bond acceptors (Lipinski definition) is 10. The number of carbonyl (C=O) groups excluding carboxylic acids is 1. The molecular weight excluding hydrogens is 691 g/mol. The molecule has 0 radical (unpaired) electrons. The first-order valence-corrected chi connectivity index (χ1v) is 10.7. The number of rotatable bonds is 0. The van der Waals surface area contributed by atoms with Crippen LogP contribution in [-0.2, 0) is 18.3 Å². The molecule has 0 fully saturated rings. The zero-order valence-electron chi connectivity index (χ0n) is 7.03. The first kappa shape index (κ1) is 24.9. The minimum absolute atomic E-state index is 0.972. The maximum atomic E-state index is 8.89. The van der Waals surface area contributed by atoms with Crippen molar-refractivity contribution in [2.75, 3.05) is 0 Å². The average Bonchev–Trinajstić information content (AvgIpc) is 1.82. The van der Waals surface area contributed by atoms with Crippen LogP contribution in [0.3, 0.4) is 0 Å². The molecular formula is C2H3O10PU2. The molecule has 0 aliphatic heterocycles. The van der Waals surface area contributed by atoms with E-state index in [4.69, 9.17) is 38.1 Å². The molecule has 0 aliphatic carbocycles. The summed E-state index contributed by atoms with van der Waals surface area (Å²) in [6.07, 6.45) is 0. The minimum atomic E-state index is -5.39. The summed E-state index contributed by atoms with van der Waals surface area (Å²) in [5.74, 6) is -1.08. The number of carboxylic acids is 1. The Morgan fingerprint density at radius 1 is 1.00 bits per heavy atom. The van der Waals surface area contributed by atoms with Crippen molar-refractivity contribution < 1.29 is 93.7 Å². The van der Waals surface area contributed by atoms with Crippen LogP contribution in [0.1, 0.15) is 6.92 Å². The number of carbonyl (C=O) groups is 1. The van der Waals surface area contributed by atoms with E-state index in [1.807, 2.05) is 0 Å². The third-order valence-corrected chi connectivity index (χ3v) is 0. The fourth-order valence-corrected chi connectivity index (χ4v) is 0. The molecule has 0 heterocycles. The average molecular weight is 694 g/mol. The monoisotopic (exact) mass is 694 g/mol. The van der Waals surface area contributed by atoms with Crippen molar-refractivity contribution >= 4 is 13.8 Å². The molecule has 13 heteroatoms. The van der Waals surface area contributed by atoms with Gasteiger partial charge in [0.25, 0.3) is 0 Å². The molecule has 84 valence electrons. The van der Waals surface area contributed by atoms with Gasteiger partial charge in [-0.05, 0) is 6.92 Å². The van der Waals surface area contributed by atoms with Gasteiger partial charge in [-0.25, -0.2) is 0 Å². The Balaban J connectivity index is -0.0000000553. The van der Waals surface area contributed by atoms with Gasteiger partial charge in [0.2, 0.25) is 0 Å². The van der Waals surface area contributed by atoms with Crippen molar-refractivity contribution in [3.63, 3.8) is 0 Å². The molecule has 0 N–H and O–H groups in total. The van der Waals surface area contributed by atoms with E-state index in [-0.39, 0.29) is 0 Å². The van der Waals surface area contributed by atoms with E-state index in [0.29, 0.717) is 0 Å². The Morgan fingerprint density at radius 3 is 1.00 bits per heavy atom. The van der Waals surface area contributed by atoms with Crippen LogP contribution in [0.4, 0.5) is 0 Å². The quantitative estimate of drug-likeness (QED) is 0.223. The second-order valence-electron chi connectivity index (χ2n) is 1.11. The van der Waals surface area contributed by atoms with E-state index in [1.54, 1.807) is 0 Å². The molecule has 0 amide bonds. The molecule has 0 aliphatic rings. The van der Waals surface area contributed by atoms with Crippen LogP contribution in [0.15, 0.2) is 0 Å². The first-order chi connectivity index (χ1) is 6.56. The molecule has 0 aromatic heterocycles. The van der Waals surface area contributed by atoms with Gasteiger partial charge in [-0.2, -0.15) is 7.82 Å². The maximum absolute atomic E-state index is 8.89. The summed E-state index contributed by atoms with van der Waals surface area (Å²) in [6, 6.07) is 0. The van der Waals surface area contributed by atoms with Crippen LogP contribution >= 0.6 is 7.82 Å². The summed E-state index contributed by atoms with van der Waals surface area (Å²) in [4.78, 5) is 34.5. The topological polar surface area (TPSA) is 195 Å². The third-order valence-electron chi connectivity index (χ3n) is 0. The SMILES string of the molecule is CC(=O)[O-].O=P([O-])([O-])[O-].[O]=[U+2]=[O].[O]=[U+2]=[O]. The zero-order valence-corrected chi connectivity index (χ0v) is 16.3. The summed E-state index contributed by atoms with van der Waals surface area (Å²) in [5, 5.41) is 8.89. The van der Waals surface area contributed by atoms with Gasteiger partial charge in [-0.3, -0.25) is 0 Å². The van der Waals surface area contributed by atoms with Crippen LogP contribution in [0.25, 0.3) is 0 Å². The zero-order chi connectivity index (χ0) is 13.5. The molecule has 0 saturated heterocycles. The fourth-order valence-electron chi connectivity index (χ4n) is 0. The van der Waals surface area contributed by atoms with E-state index in [2.05, 4.69) is 0 Å². The van der Waals surface area contributed by atoms with Gasteiger partial charge >= 0.3 is 64.6 Å². The number of phosphoric acid groups is 1. The summed E-state index contributed by atoms with van der Waals surface area (Å²) < 4.78 is 42.9. The van der Waals surface area contributed by atoms with E-state index >= 15 is 0 Å². The van der Waals surface area contributed by atoms with Gasteiger partial charge < -0.3 is 29.1 Å². The van der Waals surface area contributed by atoms with Crippen molar-refractivity contribution in [3.05, 3.63) is 0 Å². The molecule has 0 saturated carbocycles. The molecule has 0 aromatic rings. The molecule has 15 heavy (non-hydrogen) atoms. The Hall–Kier alpha value is 0.884. The molecule has 0 aromatic carbocycles. The van der Waals surface area contributed by atoms with Crippen molar-refractivity contribution in [2.24, 2.45) is 0 Å². The van der Waals surface area contributed by atoms with Crippen molar-refractivity contribution in [1.82, 2.24) is 0 Å². The molecule has 0 rings (SSSR count). The predicted octanol–water partition coefficient (Wildman–Crippen LogP) is -4.54. The van der Waals surface area contributed by atoms with Gasteiger partial charge in [-0.1, -0.05) is 0 Å². The number of hydrogen-bond donors (Lipinski definition) is 0. The summed E-state index contributed by atoms with van der Waals surface area (Å²) in [7, 11) is -5.39. The van der Waals surface area contributed by atoms with Crippen LogP contribution in [0.2, 0.25) is 0 Å². The molecule has 0 bridgehead atoms. The predicted molar refractivity (Wildman–Crippen MR) is 21.0 cm³/mol. The van der Waals surface area contributed by atoms with E-state index < -0.39 is 69.4 Å². The Bertz CT molecular complexity index is 230. The summed E-state index contributed by atoms with van der Waals surface area (Å²) in [6.45, 7) is 0.972. The Labute approximate surface area is 113 Å². The van der Waals surface area contributed by atoms with Gasteiger partial charge in [0, 0.05) is 5.97 Å². The van der Waals surface area contributed by atoms with Crippen LogP contribution in [0.5, 0.6) is 0 Å². The van der Waals surface area contributed by atoms with Crippen LogP contribution < -0.4 is 19.8 Å². The van der Waals surface area contributed by atoms with Gasteiger partial charge in [0.1, 0.15) is 0 Å². The number of aliphatic carboxylic acids is 1. The Morgan fingerprint density at radius 2 is 1.00 bits per heavy atom. The van der Waals surface area contributed by atoms with E-state index in [1.165, 1.54) is 0 Å². The normalized spacial score (nSPS) is 6.67. The van der Waals surface area contributed by atoms with Gasteiger partial charge in [0.05, 0.1) is 0 Å². The van der Waals surface area contributed by atoms with Crippen LogP contribution in [-0.4, -0.2) is 5.97 Å². The van der Waals surface area contributed by atoms with E-state index in [9.17, 15) is 0 Å². The second kappa shape index (κ2) is 20.3. The molecule has 10 nitrogen and oxygen atoms in total. The van der Waals surface area contributed by atoms with E-state index in [0.717, 1.165) is 6.92 Å². The fraction of sp³-hybridized carbons (Fsp3) is 0.500. The summed E-state index contributed by atoms with van der Waals surface area (Å²) >= 11 is -5.01. The van der Waals surface area contributed by atoms with Gasteiger partial charge in [0.15, 0.2) is 0 Å². The Kier molecular flexibility index (Phi) is 33.7. The number of carboxylic acid groups (broad SMARTS) is 1. The van der Waals surface area contributed by atoms with Crippen LogP contribution in [0, 0.1) is 55.6 Å². The standard InChI is InChI=1S/C2H4O2.H3O4P.4O.2U/c1-2(3)4;1-5(2,3)4;;;;;;/h1H3,(H,3,4);(H3,1,2,3,4);;;;;;/q;;;;;;2*+2/p-4. The summed E-state index contributed by atoms with van der Waals surface area (Å²) in [5.41, 5.74) is 0. The molecule has 0 spiro atoms. The third kappa shape index (κ3) is 3160. The van der Waals surface area contributed by atoms with Crippen molar-refractivity contribution in [1.29, 1.82) is 0 Å².